The Kier molecular flexibility index (Phi) is 5.67. The lowest BCUT2D eigenvalue weighted by Crippen LogP contribution is -2.51. The van der Waals surface area contributed by atoms with Gasteiger partial charge in [-0.1, -0.05) is 32.4 Å². The molecule has 2 unspecified atom stereocenters. The van der Waals surface area contributed by atoms with Crippen molar-refractivity contribution in [2.75, 3.05) is 11.9 Å². The molecule has 8 heteroatoms. The first-order chi connectivity index (χ1) is 17.2. The number of nitrogens with one attached hydrogen (secondary N) is 1. The van der Waals surface area contributed by atoms with Crippen molar-refractivity contribution < 1.29 is 14.7 Å². The van der Waals surface area contributed by atoms with E-state index < -0.39 is 4.92 Å². The zero-order chi connectivity index (χ0) is 25.2. The summed E-state index contributed by atoms with van der Waals surface area (Å²) >= 11 is 0. The predicted molar refractivity (Wildman–Crippen MR) is 137 cm³/mol. The third kappa shape index (κ3) is 3.51. The van der Waals surface area contributed by atoms with E-state index in [0.29, 0.717) is 22.8 Å². The Bertz CT molecular complexity index is 1210. The summed E-state index contributed by atoms with van der Waals surface area (Å²) in [7, 11) is 0. The number of hydrogen-bond donors (Lipinski definition) is 2. The molecule has 2 N–H and O–H groups in total. The van der Waals surface area contributed by atoms with E-state index in [-0.39, 0.29) is 22.7 Å². The molecule has 0 aliphatic heterocycles. The van der Waals surface area contributed by atoms with E-state index in [9.17, 15) is 15.2 Å². The monoisotopic (exact) mass is 494 g/mol. The molecule has 0 saturated heterocycles. The number of aliphatic hydroxyl groups is 1. The topological polar surface area (TPSA) is 114 Å². The Labute approximate surface area is 212 Å². The second-order valence-electron chi connectivity index (χ2n) is 12.6. The van der Waals surface area contributed by atoms with Crippen molar-refractivity contribution in [3.05, 3.63) is 33.9 Å². The van der Waals surface area contributed by atoms with E-state index in [4.69, 9.17) is 4.63 Å². The fourth-order valence-corrected chi connectivity index (χ4v) is 9.17. The molecule has 1 aromatic heterocycles. The first kappa shape index (κ1) is 23.9. The van der Waals surface area contributed by atoms with Crippen LogP contribution in [0.5, 0.6) is 0 Å². The molecular formula is C28H38N4O4. The normalized spacial score (nSPS) is 38.6. The minimum atomic E-state index is -0.450. The Morgan fingerprint density at radius 2 is 1.97 bits per heavy atom. The molecule has 4 aliphatic carbocycles. The fourth-order valence-electron chi connectivity index (χ4n) is 9.17. The zero-order valence-corrected chi connectivity index (χ0v) is 21.6. The van der Waals surface area contributed by atoms with Crippen LogP contribution in [-0.4, -0.2) is 33.0 Å². The van der Waals surface area contributed by atoms with E-state index in [1.165, 1.54) is 43.7 Å². The lowest BCUT2D eigenvalue weighted by atomic mass is 9.47. The van der Waals surface area contributed by atoms with E-state index >= 15 is 0 Å². The van der Waals surface area contributed by atoms with Crippen LogP contribution in [0.1, 0.15) is 72.1 Å². The van der Waals surface area contributed by atoms with E-state index in [1.54, 1.807) is 6.07 Å². The molecule has 4 aliphatic rings. The number of hydrogen-bond acceptors (Lipinski definition) is 7. The van der Waals surface area contributed by atoms with Crippen molar-refractivity contribution in [2.24, 2.45) is 40.4 Å². The van der Waals surface area contributed by atoms with Crippen LogP contribution < -0.4 is 5.32 Å². The molecular weight excluding hydrogens is 456 g/mol. The number of anilines is 1. The molecule has 0 radical (unpaired) electrons. The van der Waals surface area contributed by atoms with Gasteiger partial charge in [-0.25, -0.2) is 4.63 Å². The van der Waals surface area contributed by atoms with Gasteiger partial charge in [0.1, 0.15) is 0 Å². The maximum atomic E-state index is 11.3. The second kappa shape index (κ2) is 8.54. The summed E-state index contributed by atoms with van der Waals surface area (Å²) in [5.41, 5.74) is 3.43. The average Bonchev–Trinajstić information content (AvgIpc) is 3.47. The minimum absolute atomic E-state index is 0.0846. The number of fused-ring (bicyclic) bond motifs is 6. The molecule has 1 aromatic carbocycles. The lowest BCUT2D eigenvalue weighted by molar-refractivity contribution is -0.383. The van der Waals surface area contributed by atoms with Gasteiger partial charge in [0.2, 0.25) is 5.52 Å². The van der Waals surface area contributed by atoms with E-state index in [2.05, 4.69) is 42.5 Å². The number of aromatic nitrogens is 2. The van der Waals surface area contributed by atoms with E-state index in [1.807, 2.05) is 0 Å². The molecule has 0 bridgehead atoms. The van der Waals surface area contributed by atoms with Crippen molar-refractivity contribution >= 4 is 22.4 Å². The van der Waals surface area contributed by atoms with E-state index in [0.717, 1.165) is 49.2 Å². The van der Waals surface area contributed by atoms with Gasteiger partial charge in [-0.2, -0.15) is 0 Å². The molecule has 0 amide bonds. The van der Waals surface area contributed by atoms with Gasteiger partial charge < -0.3 is 10.4 Å². The largest absolute Gasteiger partial charge is 0.393 e. The molecule has 3 saturated carbocycles. The molecule has 3 fully saturated rings. The Hall–Kier alpha value is -2.48. The van der Waals surface area contributed by atoms with Crippen LogP contribution in [0.4, 0.5) is 11.4 Å². The maximum Gasteiger partial charge on any atom is 0.300 e. The van der Waals surface area contributed by atoms with Gasteiger partial charge >= 0.3 is 5.69 Å². The van der Waals surface area contributed by atoms with Gasteiger partial charge in [0.05, 0.1) is 16.7 Å². The standard InChI is InChI=1S/C28H38N4O4/c1-16(15-29-23-8-9-24(32(34)35)26-25(23)30-36-31-26)20-6-7-21-19-5-4-17-14-18(33)10-12-27(17,2)22(19)11-13-28(20,21)3/h4,8-9,16,18-22,29,33H,5-7,10-15H2,1-3H3/t16?,18?,19-,20+,21-,22-,27-,28+/m0/s1. The van der Waals surface area contributed by atoms with Gasteiger partial charge in [-0.15, -0.1) is 0 Å². The Morgan fingerprint density at radius 1 is 1.17 bits per heavy atom. The lowest BCUT2D eigenvalue weighted by Gasteiger charge is -2.58. The average molecular weight is 495 g/mol. The number of nitrogens with zero attached hydrogens (tertiary/aromatic N) is 3. The molecule has 0 spiro atoms. The molecule has 2 aromatic rings. The third-order valence-electron chi connectivity index (χ3n) is 11.0. The van der Waals surface area contributed by atoms with Gasteiger partial charge in [-0.05, 0) is 108 Å². The molecule has 8 atom stereocenters. The number of rotatable bonds is 5. The SMILES string of the molecule is CC(CNc1ccc([N+](=O)[O-])c2nonc12)[C@H]1CC[C@H]2[C@@H]3CC=C4CC(O)CC[C@]4(C)[C@H]3CC[C@]12C. The number of non-ortho nitro benzene ring substituents is 1. The number of allylic oxidation sites excluding steroid dienone is 1. The highest BCUT2D eigenvalue weighted by Crippen LogP contribution is 2.67. The molecule has 6 rings (SSSR count). The summed E-state index contributed by atoms with van der Waals surface area (Å²) in [5, 5.41) is 32.8. The highest BCUT2D eigenvalue weighted by Gasteiger charge is 2.59. The van der Waals surface area contributed by atoms with Gasteiger partial charge in [0.25, 0.3) is 0 Å². The number of nitro groups is 1. The quantitative estimate of drug-likeness (QED) is 0.292. The van der Waals surface area contributed by atoms with Crippen molar-refractivity contribution in [3.8, 4) is 0 Å². The number of nitro benzene ring substituents is 1. The Balaban J connectivity index is 1.18. The maximum absolute atomic E-state index is 11.3. The Morgan fingerprint density at radius 3 is 2.78 bits per heavy atom. The molecule has 8 nitrogen and oxygen atoms in total. The number of benzene rings is 1. The van der Waals surface area contributed by atoms with Gasteiger partial charge in [0, 0.05) is 12.6 Å². The first-order valence-corrected chi connectivity index (χ1v) is 13.7. The number of aliphatic hydroxyl groups excluding tert-OH is 1. The van der Waals surface area contributed by atoms with Crippen LogP contribution in [-0.2, 0) is 0 Å². The van der Waals surface area contributed by atoms with Crippen LogP contribution in [0.3, 0.4) is 0 Å². The minimum Gasteiger partial charge on any atom is -0.393 e. The summed E-state index contributed by atoms with van der Waals surface area (Å²) < 4.78 is 4.83. The smallest absolute Gasteiger partial charge is 0.300 e. The summed E-state index contributed by atoms with van der Waals surface area (Å²) in [6.45, 7) is 8.19. The molecule has 194 valence electrons. The van der Waals surface area contributed by atoms with Gasteiger partial charge in [-0.3, -0.25) is 10.1 Å². The van der Waals surface area contributed by atoms with Crippen LogP contribution >= 0.6 is 0 Å². The summed E-state index contributed by atoms with van der Waals surface area (Å²) in [6, 6.07) is 3.19. The van der Waals surface area contributed by atoms with Crippen molar-refractivity contribution in [2.45, 2.75) is 78.2 Å². The van der Waals surface area contributed by atoms with Crippen molar-refractivity contribution in [1.82, 2.24) is 10.3 Å². The summed E-state index contributed by atoms with van der Waals surface area (Å²) in [5.74, 6) is 3.38. The van der Waals surface area contributed by atoms with Crippen LogP contribution in [0.15, 0.2) is 28.4 Å². The van der Waals surface area contributed by atoms with Crippen LogP contribution in [0, 0.1) is 50.5 Å². The molecule has 1 heterocycles. The summed E-state index contributed by atoms with van der Waals surface area (Å²) in [4.78, 5) is 10.9. The zero-order valence-electron chi connectivity index (χ0n) is 21.6. The van der Waals surface area contributed by atoms with Gasteiger partial charge in [0.15, 0.2) is 5.52 Å². The fraction of sp³-hybridized carbons (Fsp3) is 0.714. The third-order valence-corrected chi connectivity index (χ3v) is 11.0. The molecule has 36 heavy (non-hydrogen) atoms. The second-order valence-corrected chi connectivity index (χ2v) is 12.6. The van der Waals surface area contributed by atoms with Crippen molar-refractivity contribution in [1.29, 1.82) is 0 Å². The first-order valence-electron chi connectivity index (χ1n) is 13.7. The highest BCUT2D eigenvalue weighted by atomic mass is 16.6. The summed E-state index contributed by atoms with van der Waals surface area (Å²) in [6.07, 6.45) is 11.7. The van der Waals surface area contributed by atoms with Crippen LogP contribution in [0.2, 0.25) is 0 Å². The highest BCUT2D eigenvalue weighted by molar-refractivity contribution is 5.93. The van der Waals surface area contributed by atoms with Crippen molar-refractivity contribution in [3.63, 3.8) is 0 Å². The van der Waals surface area contributed by atoms with Crippen LogP contribution in [0.25, 0.3) is 11.0 Å². The predicted octanol–water partition coefficient (Wildman–Crippen LogP) is 6.12.